The predicted molar refractivity (Wildman–Crippen MR) is 172 cm³/mol. The molecule has 1 aromatic carbocycles. The van der Waals surface area contributed by atoms with Crippen molar-refractivity contribution in [2.45, 2.75) is 60.8 Å². The summed E-state index contributed by atoms with van der Waals surface area (Å²) in [6, 6.07) is 17.9. The Morgan fingerprint density at radius 2 is 1.56 bits per heavy atom. The van der Waals surface area contributed by atoms with Crippen molar-refractivity contribution in [3.8, 4) is 11.3 Å². The molecule has 0 atom stereocenters. The van der Waals surface area contributed by atoms with Crippen molar-refractivity contribution in [2.75, 3.05) is 13.1 Å². The van der Waals surface area contributed by atoms with E-state index in [2.05, 4.69) is 66.0 Å². The molecule has 2 aliphatic heterocycles. The van der Waals surface area contributed by atoms with Crippen LogP contribution in [0.4, 0.5) is 0 Å². The highest BCUT2D eigenvalue weighted by atomic mass is 16.5. The maximum absolute atomic E-state index is 13.4. The Kier molecular flexibility index (Phi) is 7.95. The SMILES string of the molecule is CC[N+](CC)=c1ccc2c(C=C3C(=O)C(C=C4C=C(c5ccccc5)OC(C(C)(C)C)=C4)=C3[O-])cc(C(C)(C)C)oc-2c1. The van der Waals surface area contributed by atoms with E-state index < -0.39 is 0 Å². The average molecular weight is 576 g/mol. The van der Waals surface area contributed by atoms with Crippen molar-refractivity contribution in [1.29, 1.82) is 0 Å². The summed E-state index contributed by atoms with van der Waals surface area (Å²) in [5.74, 6) is 2.47. The summed E-state index contributed by atoms with van der Waals surface area (Å²) >= 11 is 0. The van der Waals surface area contributed by atoms with Gasteiger partial charge in [0.05, 0.1) is 6.07 Å². The zero-order valence-corrected chi connectivity index (χ0v) is 26.5. The van der Waals surface area contributed by atoms with Crippen molar-refractivity contribution in [3.05, 3.63) is 123 Å². The van der Waals surface area contributed by atoms with E-state index >= 15 is 0 Å². The summed E-state index contributed by atoms with van der Waals surface area (Å²) in [6.07, 6.45) is 7.21. The summed E-state index contributed by atoms with van der Waals surface area (Å²) < 4.78 is 14.9. The molecule has 2 aliphatic carbocycles. The summed E-state index contributed by atoms with van der Waals surface area (Å²) in [6.45, 7) is 18.5. The van der Waals surface area contributed by atoms with Crippen molar-refractivity contribution in [3.63, 3.8) is 0 Å². The van der Waals surface area contributed by atoms with Gasteiger partial charge in [0.25, 0.3) is 0 Å². The molecular formula is C38H41NO4. The molecule has 0 bridgehead atoms. The Labute approximate surface area is 254 Å². The molecule has 2 heterocycles. The van der Waals surface area contributed by atoms with E-state index in [0.29, 0.717) is 5.76 Å². The second kappa shape index (κ2) is 11.4. The number of hydrogen-bond acceptors (Lipinski definition) is 4. The third-order valence-electron chi connectivity index (χ3n) is 7.85. The predicted octanol–water partition coefficient (Wildman–Crippen LogP) is 7.00. The van der Waals surface area contributed by atoms with Crippen molar-refractivity contribution >= 4 is 17.6 Å². The monoisotopic (exact) mass is 575 g/mol. The van der Waals surface area contributed by atoms with Crippen LogP contribution in [0, 0.1) is 5.41 Å². The average Bonchev–Trinajstić information content (AvgIpc) is 2.98. The van der Waals surface area contributed by atoms with E-state index in [4.69, 9.17) is 9.15 Å². The quantitative estimate of drug-likeness (QED) is 0.243. The van der Waals surface area contributed by atoms with Gasteiger partial charge in [-0.2, -0.15) is 0 Å². The van der Waals surface area contributed by atoms with Gasteiger partial charge >= 0.3 is 0 Å². The highest BCUT2D eigenvalue weighted by Crippen LogP contribution is 2.39. The first-order valence-corrected chi connectivity index (χ1v) is 15.0. The van der Waals surface area contributed by atoms with Gasteiger partial charge < -0.3 is 14.3 Å². The van der Waals surface area contributed by atoms with Crippen LogP contribution < -0.4 is 15.0 Å². The number of ketones is 1. The van der Waals surface area contributed by atoms with Gasteiger partial charge in [-0.3, -0.25) is 4.79 Å². The van der Waals surface area contributed by atoms with Crippen LogP contribution >= 0.6 is 0 Å². The topological polar surface area (TPSA) is 65.5 Å². The highest BCUT2D eigenvalue weighted by molar-refractivity contribution is 6.23. The zero-order valence-electron chi connectivity index (χ0n) is 26.5. The molecule has 1 aromatic rings. The molecule has 222 valence electrons. The van der Waals surface area contributed by atoms with Crippen molar-refractivity contribution in [2.24, 2.45) is 5.41 Å². The summed E-state index contributed by atoms with van der Waals surface area (Å²) in [4.78, 5) is 13.4. The molecular weight excluding hydrogens is 534 g/mol. The van der Waals surface area contributed by atoms with Gasteiger partial charge in [0, 0.05) is 39.2 Å². The molecule has 0 spiro atoms. The lowest BCUT2D eigenvalue weighted by Gasteiger charge is -2.31. The smallest absolute Gasteiger partial charge is 0.203 e. The fourth-order valence-corrected chi connectivity index (χ4v) is 5.21. The van der Waals surface area contributed by atoms with Crippen LogP contribution in [0.5, 0.6) is 0 Å². The molecule has 43 heavy (non-hydrogen) atoms. The number of carbonyl (C=O) groups is 1. The largest absolute Gasteiger partial charge is 0.871 e. The number of allylic oxidation sites excluding steroid dienone is 7. The Hall–Kier alpha value is -4.38. The zero-order chi connectivity index (χ0) is 31.1. The van der Waals surface area contributed by atoms with E-state index in [1.165, 1.54) is 0 Å². The summed E-state index contributed by atoms with van der Waals surface area (Å²) in [5, 5.41) is 14.5. The minimum Gasteiger partial charge on any atom is -0.871 e. The van der Waals surface area contributed by atoms with Crippen LogP contribution in [-0.4, -0.2) is 18.9 Å². The molecule has 0 saturated carbocycles. The van der Waals surface area contributed by atoms with Crippen LogP contribution in [0.1, 0.15) is 72.3 Å². The van der Waals surface area contributed by atoms with Gasteiger partial charge in [-0.1, -0.05) is 77.6 Å². The first kappa shape index (κ1) is 30.1. The van der Waals surface area contributed by atoms with Gasteiger partial charge in [-0.05, 0) is 61.4 Å². The second-order valence-corrected chi connectivity index (χ2v) is 13.2. The number of Topliss-reactive ketones (excluding diaryl/α,β-unsaturated/α-hetero) is 1. The normalized spacial score (nSPS) is 17.6. The lowest BCUT2D eigenvalue weighted by molar-refractivity contribution is -0.300. The van der Waals surface area contributed by atoms with E-state index in [9.17, 15) is 9.90 Å². The van der Waals surface area contributed by atoms with Crippen LogP contribution in [0.2, 0.25) is 0 Å². The molecule has 5 heteroatoms. The minimum absolute atomic E-state index is 0.182. The Morgan fingerprint density at radius 1 is 0.860 bits per heavy atom. The molecule has 0 fully saturated rings. The van der Waals surface area contributed by atoms with Crippen molar-refractivity contribution < 1.29 is 19.1 Å². The van der Waals surface area contributed by atoms with E-state index in [1.807, 2.05) is 60.7 Å². The van der Waals surface area contributed by atoms with Crippen molar-refractivity contribution in [1.82, 2.24) is 4.58 Å². The molecule has 0 aromatic heterocycles. The van der Waals surface area contributed by atoms with Gasteiger partial charge in [0.1, 0.15) is 36.1 Å². The molecule has 5 rings (SSSR count). The molecule has 4 aliphatic rings. The van der Waals surface area contributed by atoms with E-state index in [1.54, 1.807) is 12.2 Å². The van der Waals surface area contributed by atoms with E-state index in [0.717, 1.165) is 58.0 Å². The molecule has 0 amide bonds. The summed E-state index contributed by atoms with van der Waals surface area (Å²) in [5.41, 5.74) is 3.20. The van der Waals surface area contributed by atoms with Crippen LogP contribution in [0.3, 0.4) is 0 Å². The Balaban J connectivity index is 1.60. The van der Waals surface area contributed by atoms with Crippen LogP contribution in [0.25, 0.3) is 23.2 Å². The second-order valence-electron chi connectivity index (χ2n) is 13.2. The number of fused-ring (bicyclic) bond motifs is 1. The maximum atomic E-state index is 13.4. The number of hydrogen-bond donors (Lipinski definition) is 0. The minimum atomic E-state index is -0.259. The maximum Gasteiger partial charge on any atom is 0.203 e. The number of rotatable bonds is 5. The first-order chi connectivity index (χ1) is 20.3. The fraction of sp³-hybridized carbons (Fsp3) is 0.316. The standard InChI is InChI=1S/C38H41NO4/c1-9-39(10-2)27-16-17-28-26(22-34(38(6,7)8)43-32(28)23-27)21-30-35(40)29(36(30)41)18-24-19-31(25-14-12-11-13-15-25)42-33(20-24)37(3,4)5/h11-23H,9-10H2,1-8H3. The van der Waals surface area contributed by atoms with Gasteiger partial charge in [0.2, 0.25) is 5.36 Å². The molecule has 0 unspecified atom stereocenters. The van der Waals surface area contributed by atoms with Gasteiger partial charge in [0.15, 0.2) is 5.78 Å². The highest BCUT2D eigenvalue weighted by Gasteiger charge is 2.29. The number of ether oxygens (including phenoxy) is 1. The molecule has 0 radical (unpaired) electrons. The lowest BCUT2D eigenvalue weighted by atomic mass is 9.83. The fourth-order valence-electron chi connectivity index (χ4n) is 5.21. The first-order valence-electron chi connectivity index (χ1n) is 15.0. The van der Waals surface area contributed by atoms with Crippen LogP contribution in [0.15, 0.2) is 105 Å². The number of benzene rings is 2. The van der Waals surface area contributed by atoms with Gasteiger partial charge in [-0.25, -0.2) is 4.58 Å². The molecule has 5 nitrogen and oxygen atoms in total. The van der Waals surface area contributed by atoms with Crippen LogP contribution in [-0.2, 0) is 14.9 Å². The lowest BCUT2D eigenvalue weighted by Crippen LogP contribution is -2.30. The Bertz CT molecular complexity index is 1770. The number of nitrogens with zero attached hydrogens (tertiary/aromatic N) is 1. The third kappa shape index (κ3) is 6.08. The van der Waals surface area contributed by atoms with E-state index in [-0.39, 0.29) is 33.5 Å². The third-order valence-corrected chi connectivity index (χ3v) is 7.85. The molecule has 0 saturated heterocycles. The van der Waals surface area contributed by atoms with Gasteiger partial charge in [-0.15, -0.1) is 0 Å². The summed E-state index contributed by atoms with van der Waals surface area (Å²) in [7, 11) is 0. The number of carbonyl (C=O) groups excluding carboxylic acids is 1. The molecule has 0 N–H and O–H groups in total. The Morgan fingerprint density at radius 3 is 2.16 bits per heavy atom.